The van der Waals surface area contributed by atoms with Crippen LogP contribution in [-0.2, 0) is 10.0 Å². The lowest BCUT2D eigenvalue weighted by molar-refractivity contribution is 0.0952. The van der Waals surface area contributed by atoms with Crippen LogP contribution in [-0.4, -0.2) is 27.9 Å². The number of carbonyl (C=O) groups excluding carboxylic acids is 1. The Hall–Kier alpha value is -2.34. The lowest BCUT2D eigenvalue weighted by Crippen LogP contribution is -2.32. The molecule has 0 fully saturated rings. The molecule has 1 N–H and O–H groups in total. The lowest BCUT2D eigenvalue weighted by atomic mass is 9.96. The Balaban J connectivity index is 2.07. The van der Waals surface area contributed by atoms with Gasteiger partial charge in [-0.2, -0.15) is 0 Å². The number of rotatable bonds is 4. The molecule has 0 radical (unpaired) electrons. The fourth-order valence-electron chi connectivity index (χ4n) is 3.29. The van der Waals surface area contributed by atoms with E-state index in [1.807, 2.05) is 13.0 Å². The molecular weight excluding hydrogens is 348 g/mol. The standard InChI is InChI=1S/C20H24N2O3S/c1-13(2)9-10-21-20(23)15-11-14(3)19-17(12-15)16-7-5-6-8-18(16)26(24,25)22(19)4/h5-8,11-13H,9-10H2,1-4H3,(H,21,23). The molecule has 0 aromatic heterocycles. The number of benzene rings is 2. The summed E-state index contributed by atoms with van der Waals surface area (Å²) in [5.41, 5.74) is 3.35. The maximum Gasteiger partial charge on any atom is 0.264 e. The van der Waals surface area contributed by atoms with E-state index in [4.69, 9.17) is 0 Å². The van der Waals surface area contributed by atoms with Gasteiger partial charge in [-0.25, -0.2) is 8.42 Å². The summed E-state index contributed by atoms with van der Waals surface area (Å²) in [6.07, 6.45) is 0.916. The highest BCUT2D eigenvalue weighted by atomic mass is 32.2. The Morgan fingerprint density at radius 1 is 1.15 bits per heavy atom. The van der Waals surface area contributed by atoms with E-state index in [1.165, 1.54) is 4.31 Å². The van der Waals surface area contributed by atoms with Crippen LogP contribution < -0.4 is 9.62 Å². The molecule has 3 rings (SSSR count). The second-order valence-electron chi connectivity index (χ2n) is 7.10. The van der Waals surface area contributed by atoms with Crippen LogP contribution in [0.3, 0.4) is 0 Å². The predicted molar refractivity (Wildman–Crippen MR) is 104 cm³/mol. The van der Waals surface area contributed by atoms with Gasteiger partial charge in [0.1, 0.15) is 0 Å². The number of amides is 1. The molecule has 2 aromatic carbocycles. The van der Waals surface area contributed by atoms with E-state index >= 15 is 0 Å². The van der Waals surface area contributed by atoms with E-state index < -0.39 is 10.0 Å². The highest BCUT2D eigenvalue weighted by molar-refractivity contribution is 7.93. The minimum atomic E-state index is -3.58. The maximum absolute atomic E-state index is 12.8. The zero-order chi connectivity index (χ0) is 19.1. The summed E-state index contributed by atoms with van der Waals surface area (Å²) >= 11 is 0. The minimum Gasteiger partial charge on any atom is -0.352 e. The third-order valence-electron chi connectivity index (χ3n) is 4.70. The summed E-state index contributed by atoms with van der Waals surface area (Å²) in [6.45, 7) is 6.69. The Morgan fingerprint density at radius 2 is 1.85 bits per heavy atom. The molecule has 6 heteroatoms. The average molecular weight is 372 g/mol. The van der Waals surface area contributed by atoms with E-state index in [-0.39, 0.29) is 10.8 Å². The molecule has 1 heterocycles. The summed E-state index contributed by atoms with van der Waals surface area (Å²) < 4.78 is 26.9. The second kappa shape index (κ2) is 6.76. The third kappa shape index (κ3) is 3.09. The van der Waals surface area contributed by atoms with Gasteiger partial charge in [0.2, 0.25) is 0 Å². The Bertz CT molecular complexity index is 965. The number of nitrogens with zero attached hydrogens (tertiary/aromatic N) is 1. The van der Waals surface area contributed by atoms with E-state index in [1.54, 1.807) is 37.4 Å². The molecule has 1 amide bonds. The molecule has 1 aliphatic rings. The topological polar surface area (TPSA) is 66.5 Å². The molecule has 0 spiro atoms. The van der Waals surface area contributed by atoms with Crippen molar-refractivity contribution < 1.29 is 13.2 Å². The minimum absolute atomic E-state index is 0.134. The molecule has 0 saturated carbocycles. The summed E-state index contributed by atoms with van der Waals surface area (Å²) in [5.74, 6) is 0.386. The Kier molecular flexibility index (Phi) is 4.80. The van der Waals surface area contributed by atoms with Crippen molar-refractivity contribution in [3.63, 3.8) is 0 Å². The first-order valence-corrected chi connectivity index (χ1v) is 10.2. The summed E-state index contributed by atoms with van der Waals surface area (Å²) in [5, 5.41) is 2.94. The van der Waals surface area contributed by atoms with Crippen LogP contribution >= 0.6 is 0 Å². The molecule has 0 unspecified atom stereocenters. The zero-order valence-corrected chi connectivity index (χ0v) is 16.4. The first kappa shape index (κ1) is 18.5. The fourth-order valence-corrected chi connectivity index (χ4v) is 4.78. The second-order valence-corrected chi connectivity index (χ2v) is 9.03. The molecule has 0 saturated heterocycles. The number of nitrogens with one attached hydrogen (secondary N) is 1. The fraction of sp³-hybridized carbons (Fsp3) is 0.350. The molecule has 2 aromatic rings. The highest BCUT2D eigenvalue weighted by Crippen LogP contribution is 2.44. The van der Waals surface area contributed by atoms with Crippen LogP contribution in [0.5, 0.6) is 0 Å². The number of anilines is 1. The summed E-state index contributed by atoms with van der Waals surface area (Å²) in [7, 11) is -2.03. The van der Waals surface area contributed by atoms with E-state index in [2.05, 4.69) is 19.2 Å². The molecule has 0 atom stereocenters. The number of sulfonamides is 1. The monoisotopic (exact) mass is 372 g/mol. The van der Waals surface area contributed by atoms with E-state index in [0.29, 0.717) is 29.3 Å². The Labute approximate surface area is 155 Å². The summed E-state index contributed by atoms with van der Waals surface area (Å²) in [6, 6.07) is 10.5. The van der Waals surface area contributed by atoms with E-state index in [0.717, 1.165) is 17.5 Å². The molecule has 0 bridgehead atoms. The first-order valence-electron chi connectivity index (χ1n) is 8.74. The molecule has 26 heavy (non-hydrogen) atoms. The number of hydrogen-bond acceptors (Lipinski definition) is 3. The number of carbonyl (C=O) groups is 1. The average Bonchev–Trinajstić information content (AvgIpc) is 2.59. The van der Waals surface area contributed by atoms with Gasteiger partial charge in [0.25, 0.3) is 15.9 Å². The van der Waals surface area contributed by atoms with Gasteiger partial charge in [-0.3, -0.25) is 9.10 Å². The Morgan fingerprint density at radius 3 is 2.54 bits per heavy atom. The molecular formula is C20H24N2O3S. The van der Waals surface area contributed by atoms with Crippen LogP contribution in [0.4, 0.5) is 5.69 Å². The van der Waals surface area contributed by atoms with Crippen molar-refractivity contribution in [2.75, 3.05) is 17.9 Å². The van der Waals surface area contributed by atoms with Gasteiger partial charge in [-0.05, 0) is 43.0 Å². The molecule has 5 nitrogen and oxygen atoms in total. The number of aryl methyl sites for hydroxylation is 1. The van der Waals surface area contributed by atoms with Crippen molar-refractivity contribution in [2.24, 2.45) is 5.92 Å². The van der Waals surface area contributed by atoms with Gasteiger partial charge in [0.05, 0.1) is 10.6 Å². The van der Waals surface area contributed by atoms with E-state index in [9.17, 15) is 13.2 Å². The van der Waals surface area contributed by atoms with Crippen molar-refractivity contribution in [3.05, 3.63) is 47.5 Å². The smallest absolute Gasteiger partial charge is 0.264 e. The van der Waals surface area contributed by atoms with Gasteiger partial charge in [0, 0.05) is 30.3 Å². The van der Waals surface area contributed by atoms with Crippen molar-refractivity contribution in [2.45, 2.75) is 32.1 Å². The van der Waals surface area contributed by atoms with Crippen molar-refractivity contribution in [1.82, 2.24) is 5.32 Å². The highest BCUT2D eigenvalue weighted by Gasteiger charge is 2.33. The zero-order valence-electron chi connectivity index (χ0n) is 15.5. The lowest BCUT2D eigenvalue weighted by Gasteiger charge is -2.31. The van der Waals surface area contributed by atoms with Crippen molar-refractivity contribution >= 4 is 21.6 Å². The van der Waals surface area contributed by atoms with Crippen LogP contribution in [0.25, 0.3) is 11.1 Å². The van der Waals surface area contributed by atoms with Gasteiger partial charge < -0.3 is 5.32 Å². The molecule has 0 aliphatic carbocycles. The largest absolute Gasteiger partial charge is 0.352 e. The van der Waals surface area contributed by atoms with Crippen LogP contribution in [0.15, 0.2) is 41.3 Å². The molecule has 1 aliphatic heterocycles. The summed E-state index contributed by atoms with van der Waals surface area (Å²) in [4.78, 5) is 12.8. The van der Waals surface area contributed by atoms with Crippen LogP contribution in [0.1, 0.15) is 36.2 Å². The molecule has 138 valence electrons. The maximum atomic E-state index is 12.8. The van der Waals surface area contributed by atoms with Crippen LogP contribution in [0, 0.1) is 12.8 Å². The van der Waals surface area contributed by atoms with Gasteiger partial charge in [0.15, 0.2) is 0 Å². The van der Waals surface area contributed by atoms with Crippen LogP contribution in [0.2, 0.25) is 0 Å². The van der Waals surface area contributed by atoms with Gasteiger partial charge in [-0.1, -0.05) is 32.0 Å². The predicted octanol–water partition coefficient (Wildman–Crippen LogP) is 3.58. The van der Waals surface area contributed by atoms with Crippen molar-refractivity contribution in [3.8, 4) is 11.1 Å². The number of fused-ring (bicyclic) bond motifs is 3. The SMILES string of the molecule is Cc1cc(C(=O)NCCC(C)C)cc2c1N(C)S(=O)(=O)c1ccccc1-2. The van der Waals surface area contributed by atoms with Gasteiger partial charge in [-0.15, -0.1) is 0 Å². The third-order valence-corrected chi connectivity index (χ3v) is 6.52. The normalized spacial score (nSPS) is 14.7. The quantitative estimate of drug-likeness (QED) is 0.892. The van der Waals surface area contributed by atoms with Crippen molar-refractivity contribution in [1.29, 1.82) is 0 Å². The van der Waals surface area contributed by atoms with Gasteiger partial charge >= 0.3 is 0 Å². The first-order chi connectivity index (χ1) is 12.2. The number of hydrogen-bond donors (Lipinski definition) is 1.